The van der Waals surface area contributed by atoms with Gasteiger partial charge < -0.3 is 10.1 Å². The normalized spacial score (nSPS) is 10.7. The fourth-order valence-corrected chi connectivity index (χ4v) is 1.81. The Morgan fingerprint density at radius 1 is 1.55 bits per heavy atom. The summed E-state index contributed by atoms with van der Waals surface area (Å²) in [6.07, 6.45) is 0.146. The van der Waals surface area contributed by atoms with Crippen molar-refractivity contribution in [3.63, 3.8) is 0 Å². The van der Waals surface area contributed by atoms with Gasteiger partial charge in [-0.2, -0.15) is 5.10 Å². The molecular formula is C12H20N4O4. The SMILES string of the molecule is CCOC(=O)CCNc1c([N+](=O)[O-])c(C)nn1C(C)C. The summed E-state index contributed by atoms with van der Waals surface area (Å²) in [6.45, 7) is 7.67. The molecule has 0 aliphatic rings. The van der Waals surface area contributed by atoms with Crippen molar-refractivity contribution in [3.8, 4) is 0 Å². The quantitative estimate of drug-likeness (QED) is 0.467. The van der Waals surface area contributed by atoms with Gasteiger partial charge in [0.15, 0.2) is 0 Å². The summed E-state index contributed by atoms with van der Waals surface area (Å²) in [6, 6.07) is -0.0208. The van der Waals surface area contributed by atoms with Crippen LogP contribution in [0.1, 0.15) is 38.9 Å². The van der Waals surface area contributed by atoms with Gasteiger partial charge in [0.05, 0.1) is 18.0 Å². The molecule has 0 atom stereocenters. The van der Waals surface area contributed by atoms with Crippen LogP contribution >= 0.6 is 0 Å². The molecule has 0 amide bonds. The average Bonchev–Trinajstić information content (AvgIpc) is 2.67. The van der Waals surface area contributed by atoms with Crippen molar-refractivity contribution in [1.82, 2.24) is 9.78 Å². The number of nitrogens with one attached hydrogen (secondary N) is 1. The largest absolute Gasteiger partial charge is 0.466 e. The summed E-state index contributed by atoms with van der Waals surface area (Å²) < 4.78 is 6.36. The number of aromatic nitrogens is 2. The Balaban J connectivity index is 2.86. The minimum atomic E-state index is -0.464. The van der Waals surface area contributed by atoms with Gasteiger partial charge in [0.2, 0.25) is 5.82 Å². The zero-order valence-electron chi connectivity index (χ0n) is 12.2. The zero-order chi connectivity index (χ0) is 15.3. The first kappa shape index (κ1) is 15.9. The highest BCUT2D eigenvalue weighted by Gasteiger charge is 2.26. The van der Waals surface area contributed by atoms with Crippen molar-refractivity contribution in [2.45, 2.75) is 40.2 Å². The molecule has 8 heteroatoms. The van der Waals surface area contributed by atoms with E-state index in [9.17, 15) is 14.9 Å². The van der Waals surface area contributed by atoms with Crippen molar-refractivity contribution in [1.29, 1.82) is 0 Å². The van der Waals surface area contributed by atoms with E-state index in [1.165, 1.54) is 0 Å². The van der Waals surface area contributed by atoms with E-state index in [-0.39, 0.29) is 30.7 Å². The number of carbonyl (C=O) groups excluding carboxylic acids is 1. The molecule has 1 heterocycles. The van der Waals surface area contributed by atoms with E-state index in [0.29, 0.717) is 18.1 Å². The van der Waals surface area contributed by atoms with Crippen LogP contribution in [0.15, 0.2) is 0 Å². The molecule has 0 saturated carbocycles. The molecule has 1 aromatic heterocycles. The molecule has 8 nitrogen and oxygen atoms in total. The fraction of sp³-hybridized carbons (Fsp3) is 0.667. The number of rotatable bonds is 7. The molecular weight excluding hydrogens is 264 g/mol. The molecule has 112 valence electrons. The van der Waals surface area contributed by atoms with Crippen LogP contribution in [0.3, 0.4) is 0 Å². The molecule has 1 aromatic rings. The first-order chi connectivity index (χ1) is 9.38. The molecule has 20 heavy (non-hydrogen) atoms. The summed E-state index contributed by atoms with van der Waals surface area (Å²) >= 11 is 0. The number of carbonyl (C=O) groups is 1. The van der Waals surface area contributed by atoms with Crippen molar-refractivity contribution in [3.05, 3.63) is 15.8 Å². The number of hydrogen-bond donors (Lipinski definition) is 1. The van der Waals surface area contributed by atoms with Gasteiger partial charge >= 0.3 is 11.7 Å². The van der Waals surface area contributed by atoms with E-state index in [2.05, 4.69) is 10.4 Å². The lowest BCUT2D eigenvalue weighted by Crippen LogP contribution is -2.15. The molecule has 0 unspecified atom stereocenters. The van der Waals surface area contributed by atoms with Crippen LogP contribution in [0.25, 0.3) is 0 Å². The summed E-state index contributed by atoms with van der Waals surface area (Å²) in [7, 11) is 0. The van der Waals surface area contributed by atoms with Gasteiger partial charge in [-0.25, -0.2) is 4.68 Å². The molecule has 1 rings (SSSR count). The highest BCUT2D eigenvalue weighted by atomic mass is 16.6. The maximum atomic E-state index is 11.3. The summed E-state index contributed by atoms with van der Waals surface area (Å²) in [5, 5.41) is 18.2. The van der Waals surface area contributed by atoms with Crippen LogP contribution in [-0.2, 0) is 9.53 Å². The monoisotopic (exact) mass is 284 g/mol. The van der Waals surface area contributed by atoms with Crippen LogP contribution in [0.5, 0.6) is 0 Å². The van der Waals surface area contributed by atoms with E-state index in [4.69, 9.17) is 4.74 Å². The van der Waals surface area contributed by atoms with Crippen LogP contribution < -0.4 is 5.32 Å². The number of ether oxygens (including phenoxy) is 1. The van der Waals surface area contributed by atoms with Gasteiger partial charge in [0.25, 0.3) is 0 Å². The topological polar surface area (TPSA) is 99.3 Å². The lowest BCUT2D eigenvalue weighted by molar-refractivity contribution is -0.384. The smallest absolute Gasteiger partial charge is 0.333 e. The van der Waals surface area contributed by atoms with Crippen LogP contribution in [0, 0.1) is 17.0 Å². The van der Waals surface area contributed by atoms with Gasteiger partial charge in [0, 0.05) is 12.6 Å². The Kier molecular flexibility index (Phi) is 5.48. The highest BCUT2D eigenvalue weighted by Crippen LogP contribution is 2.30. The molecule has 0 aliphatic carbocycles. The van der Waals surface area contributed by atoms with Gasteiger partial charge in [-0.15, -0.1) is 0 Å². The molecule has 0 radical (unpaired) electrons. The number of anilines is 1. The number of aryl methyl sites for hydroxylation is 1. The van der Waals surface area contributed by atoms with Gasteiger partial charge in [-0.05, 0) is 27.7 Å². The van der Waals surface area contributed by atoms with E-state index < -0.39 is 4.92 Å². The first-order valence-electron chi connectivity index (χ1n) is 6.51. The second-order valence-corrected chi connectivity index (χ2v) is 4.56. The molecule has 0 aromatic carbocycles. The molecule has 0 fully saturated rings. The molecule has 0 aliphatic heterocycles. The number of nitro groups is 1. The molecule has 1 N–H and O–H groups in total. The zero-order valence-corrected chi connectivity index (χ0v) is 12.2. The first-order valence-corrected chi connectivity index (χ1v) is 6.51. The van der Waals surface area contributed by atoms with Crippen molar-refractivity contribution < 1.29 is 14.5 Å². The Labute approximate surface area is 117 Å². The minimum absolute atomic E-state index is 0.0208. The molecule has 0 bridgehead atoms. The van der Waals surface area contributed by atoms with Crippen LogP contribution in [0.2, 0.25) is 0 Å². The van der Waals surface area contributed by atoms with Gasteiger partial charge in [-0.1, -0.05) is 0 Å². The number of hydrogen-bond acceptors (Lipinski definition) is 6. The maximum absolute atomic E-state index is 11.3. The van der Waals surface area contributed by atoms with Crippen LogP contribution in [0.4, 0.5) is 11.5 Å². The third-order valence-electron chi connectivity index (χ3n) is 2.65. The minimum Gasteiger partial charge on any atom is -0.466 e. The van der Waals surface area contributed by atoms with Gasteiger partial charge in [0.1, 0.15) is 5.69 Å². The number of nitrogens with zero attached hydrogens (tertiary/aromatic N) is 3. The second-order valence-electron chi connectivity index (χ2n) is 4.56. The van der Waals surface area contributed by atoms with E-state index in [0.717, 1.165) is 0 Å². The summed E-state index contributed by atoms with van der Waals surface area (Å²) in [5.41, 5.74) is 0.296. The van der Waals surface area contributed by atoms with Crippen molar-refractivity contribution in [2.75, 3.05) is 18.5 Å². The Morgan fingerprint density at radius 3 is 2.70 bits per heavy atom. The summed E-state index contributed by atoms with van der Waals surface area (Å²) in [5.74, 6) is -0.0122. The predicted molar refractivity (Wildman–Crippen MR) is 73.7 cm³/mol. The van der Waals surface area contributed by atoms with E-state index in [1.54, 1.807) is 18.5 Å². The predicted octanol–water partition coefficient (Wildman–Crippen LogP) is 2.05. The van der Waals surface area contributed by atoms with Gasteiger partial charge in [-0.3, -0.25) is 14.9 Å². The fourth-order valence-electron chi connectivity index (χ4n) is 1.81. The standard InChI is InChI=1S/C12H20N4O4/c1-5-20-10(17)6-7-13-12-11(16(18)19)9(4)14-15(12)8(2)3/h8,13H,5-7H2,1-4H3. The second kappa shape index (κ2) is 6.88. The Morgan fingerprint density at radius 2 is 2.20 bits per heavy atom. The lowest BCUT2D eigenvalue weighted by Gasteiger charge is -2.11. The third kappa shape index (κ3) is 3.69. The Hall–Kier alpha value is -2.12. The Bertz CT molecular complexity index is 496. The van der Waals surface area contributed by atoms with Crippen LogP contribution in [-0.4, -0.2) is 33.8 Å². The summed E-state index contributed by atoms with van der Waals surface area (Å²) in [4.78, 5) is 21.9. The van der Waals surface area contributed by atoms with Crippen molar-refractivity contribution >= 4 is 17.5 Å². The maximum Gasteiger partial charge on any atom is 0.333 e. The lowest BCUT2D eigenvalue weighted by atomic mass is 10.3. The third-order valence-corrected chi connectivity index (χ3v) is 2.65. The average molecular weight is 284 g/mol. The highest BCUT2D eigenvalue weighted by molar-refractivity contribution is 5.70. The van der Waals surface area contributed by atoms with E-state index >= 15 is 0 Å². The number of esters is 1. The van der Waals surface area contributed by atoms with E-state index in [1.807, 2.05) is 13.8 Å². The molecule has 0 spiro atoms. The van der Waals surface area contributed by atoms with Crippen molar-refractivity contribution in [2.24, 2.45) is 0 Å². The molecule has 0 saturated heterocycles.